The highest BCUT2D eigenvalue weighted by molar-refractivity contribution is 6.74. The summed E-state index contributed by atoms with van der Waals surface area (Å²) >= 11 is 0. The van der Waals surface area contributed by atoms with Crippen LogP contribution in [0.4, 0.5) is 0 Å². The van der Waals surface area contributed by atoms with Crippen molar-refractivity contribution in [2.24, 2.45) is 0 Å². The van der Waals surface area contributed by atoms with Crippen molar-refractivity contribution in [2.45, 2.75) is 70.8 Å². The molecule has 2 aromatic rings. The lowest BCUT2D eigenvalue weighted by molar-refractivity contribution is 0.112. The van der Waals surface area contributed by atoms with Crippen LogP contribution in [0.1, 0.15) is 52.5 Å². The standard InChI is InChI=1S/C21H33N3O2Si/c1-16(20-22-19(23-26-20)17-11-8-7-9-12-17)24-14-10-13-18(24)15-25-27(5,6)21(2,3)4/h7-9,11-12,16,18H,10,13-15H2,1-6H3/t16-,18+/m1/s1. The smallest absolute Gasteiger partial charge is 0.244 e. The highest BCUT2D eigenvalue weighted by Crippen LogP contribution is 2.37. The Morgan fingerprint density at radius 3 is 2.63 bits per heavy atom. The molecule has 0 spiro atoms. The van der Waals surface area contributed by atoms with Crippen LogP contribution >= 0.6 is 0 Å². The van der Waals surface area contributed by atoms with Gasteiger partial charge in [-0.05, 0) is 44.4 Å². The zero-order chi connectivity index (χ0) is 19.7. The average molecular weight is 388 g/mol. The van der Waals surface area contributed by atoms with Crippen molar-refractivity contribution in [3.63, 3.8) is 0 Å². The van der Waals surface area contributed by atoms with Crippen LogP contribution in [0, 0.1) is 0 Å². The van der Waals surface area contributed by atoms with Gasteiger partial charge in [0.15, 0.2) is 8.32 Å². The van der Waals surface area contributed by atoms with Crippen molar-refractivity contribution in [2.75, 3.05) is 13.2 Å². The Morgan fingerprint density at radius 1 is 1.26 bits per heavy atom. The minimum absolute atomic E-state index is 0.102. The number of rotatable bonds is 6. The van der Waals surface area contributed by atoms with Crippen molar-refractivity contribution in [1.82, 2.24) is 15.0 Å². The maximum Gasteiger partial charge on any atom is 0.244 e. The zero-order valence-electron chi connectivity index (χ0n) is 17.5. The number of aromatic nitrogens is 2. The van der Waals surface area contributed by atoms with Crippen molar-refractivity contribution in [1.29, 1.82) is 0 Å². The molecule has 1 aliphatic rings. The molecule has 148 valence electrons. The number of benzene rings is 1. The van der Waals surface area contributed by atoms with Crippen molar-refractivity contribution in [3.05, 3.63) is 36.2 Å². The topological polar surface area (TPSA) is 51.4 Å². The van der Waals surface area contributed by atoms with Gasteiger partial charge in [-0.25, -0.2) is 0 Å². The van der Waals surface area contributed by atoms with E-state index in [9.17, 15) is 0 Å². The molecule has 5 nitrogen and oxygen atoms in total. The number of hydrogen-bond acceptors (Lipinski definition) is 5. The van der Waals surface area contributed by atoms with Crippen molar-refractivity contribution < 1.29 is 8.95 Å². The van der Waals surface area contributed by atoms with Gasteiger partial charge in [-0.2, -0.15) is 4.98 Å². The van der Waals surface area contributed by atoms with Crippen LogP contribution in [0.25, 0.3) is 11.4 Å². The molecule has 0 N–H and O–H groups in total. The molecule has 1 aliphatic heterocycles. The van der Waals surface area contributed by atoms with Crippen LogP contribution in [0.2, 0.25) is 18.1 Å². The molecule has 1 saturated heterocycles. The second-order valence-electron chi connectivity index (χ2n) is 9.10. The average Bonchev–Trinajstić information content (AvgIpc) is 3.29. The van der Waals surface area contributed by atoms with E-state index in [1.807, 2.05) is 30.3 Å². The summed E-state index contributed by atoms with van der Waals surface area (Å²) in [5.74, 6) is 1.35. The maximum absolute atomic E-state index is 6.50. The van der Waals surface area contributed by atoms with Crippen LogP contribution in [0.5, 0.6) is 0 Å². The fraction of sp³-hybridized carbons (Fsp3) is 0.619. The van der Waals surface area contributed by atoms with Crippen LogP contribution < -0.4 is 0 Å². The normalized spacial score (nSPS) is 20.1. The van der Waals surface area contributed by atoms with Crippen LogP contribution in [-0.4, -0.2) is 42.6 Å². The highest BCUT2D eigenvalue weighted by Gasteiger charge is 2.39. The Morgan fingerprint density at radius 2 is 1.96 bits per heavy atom. The molecule has 0 aliphatic carbocycles. The Balaban J connectivity index is 1.67. The molecule has 0 amide bonds. The molecule has 0 bridgehead atoms. The Labute approximate surface area is 164 Å². The van der Waals surface area contributed by atoms with E-state index in [0.29, 0.717) is 17.8 Å². The molecule has 1 aromatic carbocycles. The van der Waals surface area contributed by atoms with E-state index in [-0.39, 0.29) is 11.1 Å². The quantitative estimate of drug-likeness (QED) is 0.631. The summed E-state index contributed by atoms with van der Waals surface area (Å²) in [6.45, 7) is 15.5. The third kappa shape index (κ3) is 4.50. The van der Waals surface area contributed by atoms with Crippen LogP contribution in [0.15, 0.2) is 34.9 Å². The zero-order valence-corrected chi connectivity index (χ0v) is 18.5. The van der Waals surface area contributed by atoms with Gasteiger partial charge in [-0.3, -0.25) is 4.90 Å². The molecule has 2 atom stereocenters. The van der Waals surface area contributed by atoms with Gasteiger partial charge in [-0.1, -0.05) is 56.3 Å². The molecule has 2 heterocycles. The maximum atomic E-state index is 6.50. The monoisotopic (exact) mass is 387 g/mol. The number of likely N-dealkylation sites (tertiary alicyclic amines) is 1. The SMILES string of the molecule is C[C@H](c1nc(-c2ccccc2)no1)N1CCC[C@H]1CO[Si](C)(C)C(C)(C)C. The summed E-state index contributed by atoms with van der Waals surface area (Å²) < 4.78 is 12.1. The van der Waals surface area contributed by atoms with Crippen molar-refractivity contribution >= 4 is 8.32 Å². The molecule has 27 heavy (non-hydrogen) atoms. The van der Waals surface area contributed by atoms with E-state index in [0.717, 1.165) is 18.7 Å². The van der Waals surface area contributed by atoms with Gasteiger partial charge >= 0.3 is 0 Å². The van der Waals surface area contributed by atoms with Crippen LogP contribution in [-0.2, 0) is 4.43 Å². The molecule has 0 unspecified atom stereocenters. The third-order valence-electron chi connectivity index (χ3n) is 6.19. The third-order valence-corrected chi connectivity index (χ3v) is 10.7. The second-order valence-corrected chi connectivity index (χ2v) is 13.9. The predicted octanol–water partition coefficient (Wildman–Crippen LogP) is 5.28. The highest BCUT2D eigenvalue weighted by atomic mass is 28.4. The molecule has 0 radical (unpaired) electrons. The predicted molar refractivity (Wildman–Crippen MR) is 111 cm³/mol. The van der Waals surface area contributed by atoms with E-state index >= 15 is 0 Å². The minimum Gasteiger partial charge on any atom is -0.415 e. The van der Waals surface area contributed by atoms with E-state index in [4.69, 9.17) is 8.95 Å². The molecular formula is C21H33N3O2Si. The number of nitrogens with zero attached hydrogens (tertiary/aromatic N) is 3. The van der Waals surface area contributed by atoms with Gasteiger partial charge in [0.2, 0.25) is 11.7 Å². The first kappa shape index (κ1) is 20.2. The summed E-state index contributed by atoms with van der Waals surface area (Å²) in [4.78, 5) is 7.12. The first-order chi connectivity index (χ1) is 12.7. The Hall–Kier alpha value is -1.50. The van der Waals surface area contributed by atoms with Crippen LogP contribution in [0.3, 0.4) is 0 Å². The lowest BCUT2D eigenvalue weighted by atomic mass is 10.2. The molecule has 1 aromatic heterocycles. The van der Waals surface area contributed by atoms with Gasteiger partial charge in [0.25, 0.3) is 0 Å². The second kappa shape index (κ2) is 7.85. The lowest BCUT2D eigenvalue weighted by Crippen LogP contribution is -2.45. The van der Waals surface area contributed by atoms with E-state index in [1.54, 1.807) is 0 Å². The molecule has 0 saturated carbocycles. The minimum atomic E-state index is -1.73. The van der Waals surface area contributed by atoms with E-state index < -0.39 is 8.32 Å². The summed E-state index contributed by atoms with van der Waals surface area (Å²) in [7, 11) is -1.73. The first-order valence-electron chi connectivity index (χ1n) is 9.98. The first-order valence-corrected chi connectivity index (χ1v) is 12.9. The molecule has 3 rings (SSSR count). The molecule has 6 heteroatoms. The van der Waals surface area contributed by atoms with Gasteiger partial charge in [-0.15, -0.1) is 0 Å². The van der Waals surface area contributed by atoms with E-state index in [2.05, 4.69) is 55.8 Å². The van der Waals surface area contributed by atoms with Gasteiger partial charge in [0.1, 0.15) is 0 Å². The molecular weight excluding hydrogens is 354 g/mol. The van der Waals surface area contributed by atoms with E-state index in [1.165, 1.54) is 12.8 Å². The fourth-order valence-corrected chi connectivity index (χ4v) is 4.36. The van der Waals surface area contributed by atoms with Gasteiger partial charge in [0, 0.05) is 18.2 Å². The lowest BCUT2D eigenvalue weighted by Gasteiger charge is -2.38. The summed E-state index contributed by atoms with van der Waals surface area (Å²) in [6, 6.07) is 10.5. The van der Waals surface area contributed by atoms with Gasteiger partial charge < -0.3 is 8.95 Å². The largest absolute Gasteiger partial charge is 0.415 e. The Bertz CT molecular complexity index is 739. The Kier molecular flexibility index (Phi) is 5.89. The summed E-state index contributed by atoms with van der Waals surface area (Å²) in [5.41, 5.74) is 0.985. The number of hydrogen-bond donors (Lipinski definition) is 0. The van der Waals surface area contributed by atoms with Gasteiger partial charge in [0.05, 0.1) is 6.04 Å². The summed E-state index contributed by atoms with van der Waals surface area (Å²) in [5, 5.41) is 4.42. The van der Waals surface area contributed by atoms with Crippen molar-refractivity contribution in [3.8, 4) is 11.4 Å². The fourth-order valence-electron chi connectivity index (χ4n) is 3.32. The summed E-state index contributed by atoms with van der Waals surface area (Å²) in [6.07, 6.45) is 2.36. The molecule has 1 fully saturated rings.